The number of hydrogen-bond donors (Lipinski definition) is 2. The molecule has 0 heterocycles. The summed E-state index contributed by atoms with van der Waals surface area (Å²) in [5, 5.41) is 13.5. The lowest BCUT2D eigenvalue weighted by Gasteiger charge is -2.28. The molecule has 1 aliphatic carbocycles. The summed E-state index contributed by atoms with van der Waals surface area (Å²) in [4.78, 5) is 11.0. The van der Waals surface area contributed by atoms with Crippen molar-refractivity contribution in [3.05, 3.63) is 35.4 Å². The molecule has 1 fully saturated rings. The standard InChI is InChI=1S/C17H25NO2S/c1-12(17(19)20)14-8-6-13(7-9-14)11-18-15-4-3-5-16(10-15)21-2/h6-9,12,15-16,18H,3-5,10-11H2,1-2H3,(H,19,20). The highest BCUT2D eigenvalue weighted by atomic mass is 32.2. The molecular formula is C17H25NO2S. The second-order valence-electron chi connectivity index (χ2n) is 5.90. The molecule has 116 valence electrons. The van der Waals surface area contributed by atoms with Crippen molar-refractivity contribution in [2.75, 3.05) is 6.26 Å². The number of aliphatic carboxylic acids is 1. The Morgan fingerprint density at radius 1 is 1.38 bits per heavy atom. The number of nitrogens with one attached hydrogen (secondary N) is 1. The molecule has 4 heteroatoms. The maximum Gasteiger partial charge on any atom is 0.310 e. The van der Waals surface area contributed by atoms with Crippen molar-refractivity contribution < 1.29 is 9.90 Å². The lowest BCUT2D eigenvalue weighted by molar-refractivity contribution is -0.138. The molecular weight excluding hydrogens is 282 g/mol. The van der Waals surface area contributed by atoms with E-state index < -0.39 is 11.9 Å². The number of benzene rings is 1. The number of carboxylic acids is 1. The summed E-state index contributed by atoms with van der Waals surface area (Å²) in [7, 11) is 0. The smallest absolute Gasteiger partial charge is 0.310 e. The van der Waals surface area contributed by atoms with Gasteiger partial charge < -0.3 is 10.4 Å². The van der Waals surface area contributed by atoms with E-state index in [0.29, 0.717) is 6.04 Å². The topological polar surface area (TPSA) is 49.3 Å². The molecule has 3 atom stereocenters. The Balaban J connectivity index is 1.85. The van der Waals surface area contributed by atoms with Crippen molar-refractivity contribution in [1.29, 1.82) is 0 Å². The van der Waals surface area contributed by atoms with E-state index in [-0.39, 0.29) is 0 Å². The van der Waals surface area contributed by atoms with E-state index in [1.165, 1.54) is 31.2 Å². The quantitative estimate of drug-likeness (QED) is 0.842. The Morgan fingerprint density at radius 3 is 2.71 bits per heavy atom. The third-order valence-electron chi connectivity index (χ3n) is 4.40. The third kappa shape index (κ3) is 4.75. The lowest BCUT2D eigenvalue weighted by Crippen LogP contribution is -2.34. The number of thioether (sulfide) groups is 1. The van der Waals surface area contributed by atoms with Crippen molar-refractivity contribution in [3.63, 3.8) is 0 Å². The van der Waals surface area contributed by atoms with Crippen LogP contribution in [0.2, 0.25) is 0 Å². The van der Waals surface area contributed by atoms with Crippen molar-refractivity contribution in [2.45, 2.75) is 56.4 Å². The molecule has 3 unspecified atom stereocenters. The van der Waals surface area contributed by atoms with Crippen LogP contribution in [0.5, 0.6) is 0 Å². The van der Waals surface area contributed by atoms with Gasteiger partial charge in [0.25, 0.3) is 0 Å². The highest BCUT2D eigenvalue weighted by molar-refractivity contribution is 7.99. The van der Waals surface area contributed by atoms with E-state index in [4.69, 9.17) is 5.11 Å². The number of hydrogen-bond acceptors (Lipinski definition) is 3. The zero-order chi connectivity index (χ0) is 15.2. The van der Waals surface area contributed by atoms with Crippen LogP contribution < -0.4 is 5.32 Å². The molecule has 0 amide bonds. The van der Waals surface area contributed by atoms with E-state index in [0.717, 1.165) is 17.4 Å². The van der Waals surface area contributed by atoms with Gasteiger partial charge in [0, 0.05) is 17.8 Å². The van der Waals surface area contributed by atoms with Crippen LogP contribution in [0.15, 0.2) is 24.3 Å². The first-order chi connectivity index (χ1) is 10.1. The molecule has 21 heavy (non-hydrogen) atoms. The number of carboxylic acid groups (broad SMARTS) is 1. The second kappa shape index (κ2) is 7.85. The number of carbonyl (C=O) groups is 1. The molecule has 1 saturated carbocycles. The monoisotopic (exact) mass is 307 g/mol. The van der Waals surface area contributed by atoms with Crippen LogP contribution in [0.4, 0.5) is 0 Å². The van der Waals surface area contributed by atoms with Gasteiger partial charge in [0.1, 0.15) is 0 Å². The van der Waals surface area contributed by atoms with Crippen LogP contribution in [0, 0.1) is 0 Å². The highest BCUT2D eigenvalue weighted by Gasteiger charge is 2.20. The molecule has 0 spiro atoms. The molecule has 1 aliphatic rings. The Morgan fingerprint density at radius 2 is 2.10 bits per heavy atom. The Kier molecular flexibility index (Phi) is 6.12. The third-order valence-corrected chi connectivity index (χ3v) is 5.50. The summed E-state index contributed by atoms with van der Waals surface area (Å²) in [5.41, 5.74) is 2.09. The van der Waals surface area contributed by atoms with Gasteiger partial charge in [-0.2, -0.15) is 11.8 Å². The fourth-order valence-electron chi connectivity index (χ4n) is 2.87. The van der Waals surface area contributed by atoms with Gasteiger partial charge in [-0.15, -0.1) is 0 Å². The van der Waals surface area contributed by atoms with E-state index in [2.05, 4.69) is 11.6 Å². The van der Waals surface area contributed by atoms with Crippen LogP contribution in [0.25, 0.3) is 0 Å². The fraction of sp³-hybridized carbons (Fsp3) is 0.588. The first-order valence-corrected chi connectivity index (χ1v) is 8.96. The van der Waals surface area contributed by atoms with Gasteiger partial charge in [0.05, 0.1) is 5.92 Å². The Bertz CT molecular complexity index is 460. The highest BCUT2D eigenvalue weighted by Crippen LogP contribution is 2.27. The van der Waals surface area contributed by atoms with E-state index in [1.807, 2.05) is 36.0 Å². The largest absolute Gasteiger partial charge is 0.481 e. The predicted molar refractivity (Wildman–Crippen MR) is 88.9 cm³/mol. The van der Waals surface area contributed by atoms with E-state index in [1.54, 1.807) is 6.92 Å². The summed E-state index contributed by atoms with van der Waals surface area (Å²) in [5.74, 6) is -1.21. The van der Waals surface area contributed by atoms with Crippen molar-refractivity contribution in [2.24, 2.45) is 0 Å². The Hall–Kier alpha value is -1.00. The molecule has 0 bridgehead atoms. The van der Waals surface area contributed by atoms with Gasteiger partial charge in [0.2, 0.25) is 0 Å². The zero-order valence-electron chi connectivity index (χ0n) is 12.8. The molecule has 0 aromatic heterocycles. The maximum atomic E-state index is 11.0. The predicted octanol–water partition coefficient (Wildman–Crippen LogP) is 3.64. The van der Waals surface area contributed by atoms with E-state index in [9.17, 15) is 4.79 Å². The molecule has 2 N–H and O–H groups in total. The summed E-state index contributed by atoms with van der Waals surface area (Å²) >= 11 is 1.98. The first kappa shape index (κ1) is 16.4. The minimum absolute atomic E-state index is 0.437. The molecule has 3 nitrogen and oxygen atoms in total. The molecule has 0 radical (unpaired) electrons. The van der Waals surface area contributed by atoms with Gasteiger partial charge >= 0.3 is 5.97 Å². The SMILES string of the molecule is CSC1CCCC(NCc2ccc(C(C)C(=O)O)cc2)C1. The van der Waals surface area contributed by atoms with Crippen molar-refractivity contribution in [3.8, 4) is 0 Å². The van der Waals surface area contributed by atoms with Crippen LogP contribution in [0.3, 0.4) is 0 Å². The lowest BCUT2D eigenvalue weighted by atomic mass is 9.94. The minimum atomic E-state index is -0.772. The average Bonchev–Trinajstić information content (AvgIpc) is 2.53. The molecule has 1 aromatic rings. The number of rotatable bonds is 6. The van der Waals surface area contributed by atoms with Gasteiger partial charge in [-0.1, -0.05) is 30.7 Å². The minimum Gasteiger partial charge on any atom is -0.481 e. The van der Waals surface area contributed by atoms with Gasteiger partial charge in [-0.05, 0) is 43.6 Å². The van der Waals surface area contributed by atoms with Gasteiger partial charge in [-0.25, -0.2) is 0 Å². The molecule has 0 saturated heterocycles. The van der Waals surface area contributed by atoms with Crippen molar-refractivity contribution >= 4 is 17.7 Å². The van der Waals surface area contributed by atoms with Crippen LogP contribution in [-0.4, -0.2) is 28.6 Å². The summed E-state index contributed by atoms with van der Waals surface area (Å²) in [6.45, 7) is 2.59. The van der Waals surface area contributed by atoms with Gasteiger partial charge in [-0.3, -0.25) is 4.79 Å². The summed E-state index contributed by atoms with van der Waals surface area (Å²) in [6.07, 6.45) is 7.40. The van der Waals surface area contributed by atoms with Crippen LogP contribution >= 0.6 is 11.8 Å². The zero-order valence-corrected chi connectivity index (χ0v) is 13.7. The van der Waals surface area contributed by atoms with E-state index >= 15 is 0 Å². The molecule has 1 aromatic carbocycles. The molecule has 0 aliphatic heterocycles. The Labute approximate surface area is 131 Å². The first-order valence-electron chi connectivity index (χ1n) is 7.68. The fourth-order valence-corrected chi connectivity index (χ4v) is 3.70. The molecule has 2 rings (SSSR count). The maximum absolute atomic E-state index is 11.0. The second-order valence-corrected chi connectivity index (χ2v) is 7.04. The summed E-state index contributed by atoms with van der Waals surface area (Å²) < 4.78 is 0. The average molecular weight is 307 g/mol. The van der Waals surface area contributed by atoms with Crippen LogP contribution in [-0.2, 0) is 11.3 Å². The normalized spacial score (nSPS) is 23.7. The van der Waals surface area contributed by atoms with Crippen molar-refractivity contribution in [1.82, 2.24) is 5.32 Å². The van der Waals surface area contributed by atoms with Crippen LogP contribution in [0.1, 0.15) is 49.7 Å². The van der Waals surface area contributed by atoms with Gasteiger partial charge in [0.15, 0.2) is 0 Å². The summed E-state index contributed by atoms with van der Waals surface area (Å²) in [6, 6.07) is 8.56.